The molecule has 0 unspecified atom stereocenters. The van der Waals surface area contributed by atoms with Crippen molar-refractivity contribution in [3.05, 3.63) is 34.6 Å². The van der Waals surface area contributed by atoms with Gasteiger partial charge < -0.3 is 5.73 Å². The van der Waals surface area contributed by atoms with Gasteiger partial charge in [0.15, 0.2) is 0 Å². The fraction of sp³-hybridized carbons (Fsp3) is 0.222. The van der Waals surface area contributed by atoms with Gasteiger partial charge in [-0.25, -0.2) is 4.98 Å². The lowest BCUT2D eigenvalue weighted by Gasteiger charge is -2.07. The third-order valence-corrected chi connectivity index (χ3v) is 1.94. The van der Waals surface area contributed by atoms with Crippen LogP contribution in [0.3, 0.4) is 0 Å². The Labute approximate surface area is 89.6 Å². The highest BCUT2D eigenvalue weighted by molar-refractivity contribution is 6.30. The summed E-state index contributed by atoms with van der Waals surface area (Å²) in [6, 6.07) is 0.932. The molecule has 2 nitrogen and oxygen atoms in total. The van der Waals surface area contributed by atoms with Crippen LogP contribution in [0.25, 0.3) is 6.08 Å². The molecular weight excluding hydrogens is 229 g/mol. The zero-order valence-corrected chi connectivity index (χ0v) is 8.31. The van der Waals surface area contributed by atoms with E-state index in [4.69, 9.17) is 17.3 Å². The summed E-state index contributed by atoms with van der Waals surface area (Å²) in [6.45, 7) is 0.229. The van der Waals surface area contributed by atoms with Crippen molar-refractivity contribution in [2.75, 3.05) is 6.54 Å². The van der Waals surface area contributed by atoms with Gasteiger partial charge in [-0.05, 0) is 6.07 Å². The van der Waals surface area contributed by atoms with Gasteiger partial charge in [0.2, 0.25) is 0 Å². The quantitative estimate of drug-likeness (QED) is 0.802. The van der Waals surface area contributed by atoms with Crippen LogP contribution in [0.4, 0.5) is 13.2 Å². The molecular formula is C9H8ClF3N2. The predicted molar refractivity (Wildman–Crippen MR) is 52.3 cm³/mol. The third kappa shape index (κ3) is 3.21. The van der Waals surface area contributed by atoms with Gasteiger partial charge in [-0.15, -0.1) is 0 Å². The van der Waals surface area contributed by atoms with Gasteiger partial charge in [0.25, 0.3) is 0 Å². The summed E-state index contributed by atoms with van der Waals surface area (Å²) in [5.41, 5.74) is 4.55. The van der Waals surface area contributed by atoms with Crippen LogP contribution in [-0.2, 0) is 6.18 Å². The molecule has 0 aliphatic carbocycles. The van der Waals surface area contributed by atoms with Crippen molar-refractivity contribution >= 4 is 17.7 Å². The minimum atomic E-state index is -4.41. The fourth-order valence-corrected chi connectivity index (χ4v) is 1.10. The second-order valence-corrected chi connectivity index (χ2v) is 3.10. The first-order chi connectivity index (χ1) is 6.95. The van der Waals surface area contributed by atoms with E-state index in [0.29, 0.717) is 6.20 Å². The Kier molecular flexibility index (Phi) is 3.71. The van der Waals surface area contributed by atoms with E-state index < -0.39 is 11.7 Å². The highest BCUT2D eigenvalue weighted by atomic mass is 35.5. The molecule has 0 aromatic carbocycles. The maximum atomic E-state index is 12.3. The Morgan fingerprint density at radius 1 is 1.47 bits per heavy atom. The van der Waals surface area contributed by atoms with E-state index in [0.717, 1.165) is 6.07 Å². The van der Waals surface area contributed by atoms with Crippen molar-refractivity contribution in [1.29, 1.82) is 0 Å². The zero-order valence-electron chi connectivity index (χ0n) is 7.55. The number of hydrogen-bond acceptors (Lipinski definition) is 2. The van der Waals surface area contributed by atoms with Crippen molar-refractivity contribution in [2.45, 2.75) is 6.18 Å². The van der Waals surface area contributed by atoms with Gasteiger partial charge in [-0.3, -0.25) is 0 Å². The summed E-state index contributed by atoms with van der Waals surface area (Å²) in [4.78, 5) is 3.45. The average molecular weight is 237 g/mol. The molecule has 1 heterocycles. The second kappa shape index (κ2) is 4.63. The van der Waals surface area contributed by atoms with Gasteiger partial charge in [0, 0.05) is 18.3 Å². The molecule has 0 aliphatic rings. The molecule has 0 atom stereocenters. The second-order valence-electron chi connectivity index (χ2n) is 2.74. The number of halogens is 4. The number of nitrogens with zero attached hydrogens (tertiary/aromatic N) is 1. The molecule has 6 heteroatoms. The maximum absolute atomic E-state index is 12.3. The summed E-state index contributed by atoms with van der Waals surface area (Å²) in [5.74, 6) is 0. The average Bonchev–Trinajstić information content (AvgIpc) is 2.15. The van der Waals surface area contributed by atoms with Gasteiger partial charge in [-0.1, -0.05) is 23.8 Å². The molecule has 0 saturated heterocycles. The van der Waals surface area contributed by atoms with E-state index in [-0.39, 0.29) is 17.3 Å². The molecule has 0 aliphatic heterocycles. The summed E-state index contributed by atoms with van der Waals surface area (Å²) in [5, 5.41) is 0.0210. The lowest BCUT2D eigenvalue weighted by atomic mass is 10.2. The smallest absolute Gasteiger partial charge is 0.327 e. The summed E-state index contributed by atoms with van der Waals surface area (Å²) in [7, 11) is 0. The van der Waals surface area contributed by atoms with E-state index in [1.807, 2.05) is 0 Å². The lowest BCUT2D eigenvalue weighted by molar-refractivity contribution is -0.137. The molecule has 1 aromatic rings. The largest absolute Gasteiger partial charge is 0.417 e. The number of hydrogen-bond donors (Lipinski definition) is 1. The first-order valence-electron chi connectivity index (χ1n) is 4.04. The molecule has 82 valence electrons. The molecule has 1 rings (SSSR count). The van der Waals surface area contributed by atoms with Gasteiger partial charge in [0.05, 0.1) is 5.56 Å². The van der Waals surface area contributed by atoms with Crippen LogP contribution < -0.4 is 5.73 Å². The fourth-order valence-electron chi connectivity index (χ4n) is 0.932. The van der Waals surface area contributed by atoms with Crippen molar-refractivity contribution in [1.82, 2.24) is 4.98 Å². The summed E-state index contributed by atoms with van der Waals surface area (Å²) in [6.07, 6.45) is -0.807. The SMILES string of the molecule is NCC=Cc1cc(C(F)(F)F)cnc1Cl. The van der Waals surface area contributed by atoms with E-state index >= 15 is 0 Å². The van der Waals surface area contributed by atoms with Crippen LogP contribution in [0.1, 0.15) is 11.1 Å². The number of alkyl halides is 3. The molecule has 2 N–H and O–H groups in total. The summed E-state index contributed by atoms with van der Waals surface area (Å²) >= 11 is 5.61. The molecule has 0 amide bonds. The van der Waals surface area contributed by atoms with Crippen LogP contribution >= 0.6 is 11.6 Å². The first kappa shape index (κ1) is 12.0. The van der Waals surface area contributed by atoms with Crippen molar-refractivity contribution in [2.24, 2.45) is 5.73 Å². The summed E-state index contributed by atoms with van der Waals surface area (Å²) < 4.78 is 36.9. The Morgan fingerprint density at radius 3 is 2.67 bits per heavy atom. The van der Waals surface area contributed by atoms with Crippen LogP contribution in [0.2, 0.25) is 5.15 Å². The van der Waals surface area contributed by atoms with Crippen LogP contribution in [0, 0.1) is 0 Å². The van der Waals surface area contributed by atoms with Crippen LogP contribution in [0.5, 0.6) is 0 Å². The number of pyridine rings is 1. The maximum Gasteiger partial charge on any atom is 0.417 e. The van der Waals surface area contributed by atoms with Crippen molar-refractivity contribution < 1.29 is 13.2 Å². The molecule has 0 fully saturated rings. The Morgan fingerprint density at radius 2 is 2.13 bits per heavy atom. The number of aromatic nitrogens is 1. The predicted octanol–water partition coefficient (Wildman–Crippen LogP) is 2.73. The van der Waals surface area contributed by atoms with Gasteiger partial charge in [0.1, 0.15) is 5.15 Å². The van der Waals surface area contributed by atoms with Gasteiger partial charge in [-0.2, -0.15) is 13.2 Å². The van der Waals surface area contributed by atoms with Gasteiger partial charge >= 0.3 is 6.18 Å². The standard InChI is InChI=1S/C9H8ClF3N2/c10-8-6(2-1-3-14)4-7(5-15-8)9(11,12)13/h1-2,4-5H,3,14H2. The molecule has 0 spiro atoms. The Balaban J connectivity index is 3.11. The molecule has 1 aromatic heterocycles. The number of rotatable bonds is 2. The first-order valence-corrected chi connectivity index (χ1v) is 4.42. The highest BCUT2D eigenvalue weighted by Crippen LogP contribution is 2.30. The number of nitrogens with two attached hydrogens (primary N) is 1. The van der Waals surface area contributed by atoms with E-state index in [1.54, 1.807) is 0 Å². The minimum absolute atomic E-state index is 0.0210. The van der Waals surface area contributed by atoms with E-state index in [9.17, 15) is 13.2 Å². The molecule has 15 heavy (non-hydrogen) atoms. The normalized spacial score (nSPS) is 12.3. The Hall–Kier alpha value is -1.07. The third-order valence-electron chi connectivity index (χ3n) is 1.63. The minimum Gasteiger partial charge on any atom is -0.327 e. The van der Waals surface area contributed by atoms with E-state index in [2.05, 4.69) is 4.98 Å². The van der Waals surface area contributed by atoms with Crippen LogP contribution in [-0.4, -0.2) is 11.5 Å². The lowest BCUT2D eigenvalue weighted by Crippen LogP contribution is -2.06. The van der Waals surface area contributed by atoms with E-state index in [1.165, 1.54) is 12.2 Å². The molecule has 0 radical (unpaired) electrons. The monoisotopic (exact) mass is 236 g/mol. The highest BCUT2D eigenvalue weighted by Gasteiger charge is 2.31. The topological polar surface area (TPSA) is 38.9 Å². The van der Waals surface area contributed by atoms with Crippen molar-refractivity contribution in [3.63, 3.8) is 0 Å². The zero-order chi connectivity index (χ0) is 11.5. The van der Waals surface area contributed by atoms with Crippen LogP contribution in [0.15, 0.2) is 18.3 Å². The molecule has 0 bridgehead atoms. The Bertz CT molecular complexity index is 374. The van der Waals surface area contributed by atoms with Crippen molar-refractivity contribution in [3.8, 4) is 0 Å². The molecule has 0 saturated carbocycles.